The van der Waals surface area contributed by atoms with Crippen LogP contribution in [0.4, 0.5) is 8.78 Å². The zero-order valence-corrected chi connectivity index (χ0v) is 25.0. The summed E-state index contributed by atoms with van der Waals surface area (Å²) in [6, 6.07) is 16.3. The average molecular weight is 610 g/mol. The van der Waals surface area contributed by atoms with Crippen molar-refractivity contribution in [2.24, 2.45) is 0 Å². The Bertz CT molecular complexity index is 1900. The Labute approximate surface area is 242 Å². The summed E-state index contributed by atoms with van der Waals surface area (Å²) in [4.78, 5) is 16.9. The van der Waals surface area contributed by atoms with Gasteiger partial charge in [0, 0.05) is 49.7 Å². The van der Waals surface area contributed by atoms with E-state index in [0.717, 1.165) is 16.1 Å². The van der Waals surface area contributed by atoms with Gasteiger partial charge in [-0.3, -0.25) is 0 Å². The van der Waals surface area contributed by atoms with Gasteiger partial charge in [0.15, 0.2) is 5.65 Å². The van der Waals surface area contributed by atoms with Crippen molar-refractivity contribution >= 4 is 35.1 Å². The van der Waals surface area contributed by atoms with Gasteiger partial charge in [-0.1, -0.05) is 37.8 Å². The van der Waals surface area contributed by atoms with Crippen LogP contribution in [-0.4, -0.2) is 47.7 Å². The normalized spacial score (nSPS) is 12.2. The molecule has 0 saturated heterocycles. The van der Waals surface area contributed by atoms with Gasteiger partial charge in [-0.05, 0) is 48.5 Å². The molecule has 5 rings (SSSR count). The van der Waals surface area contributed by atoms with Gasteiger partial charge in [0.25, 0.3) is 10.0 Å². The molecule has 218 valence electrons. The highest BCUT2D eigenvalue weighted by Gasteiger charge is 2.27. The number of pyridine rings is 1. The number of ether oxygens (including phenoxy) is 1. The number of carboxylic acid groups (broad SMARTS) is 1. The van der Waals surface area contributed by atoms with Crippen LogP contribution < -0.4 is 0 Å². The monoisotopic (exact) mass is 609 g/mol. The van der Waals surface area contributed by atoms with E-state index in [4.69, 9.17) is 4.74 Å². The molecule has 0 fully saturated rings. The van der Waals surface area contributed by atoms with E-state index in [0.29, 0.717) is 29.3 Å². The first-order valence-electron chi connectivity index (χ1n) is 13.2. The smallest absolute Gasteiger partial charge is 0.337 e. The van der Waals surface area contributed by atoms with Crippen LogP contribution in [0.25, 0.3) is 33.5 Å². The topological polar surface area (TPSA) is 103 Å². The van der Waals surface area contributed by atoms with Crippen LogP contribution in [0.1, 0.15) is 10.4 Å². The summed E-state index contributed by atoms with van der Waals surface area (Å²) in [7, 11) is -5.44. The van der Waals surface area contributed by atoms with Crippen molar-refractivity contribution in [3.8, 4) is 22.5 Å². The molecule has 1 N–H and O–H groups in total. The lowest BCUT2D eigenvalue weighted by atomic mass is 10.1. The van der Waals surface area contributed by atoms with E-state index in [1.807, 2.05) is 0 Å². The Balaban J connectivity index is 1.71. The highest BCUT2D eigenvalue weighted by atomic mass is 32.2. The van der Waals surface area contributed by atoms with Crippen LogP contribution in [0, 0.1) is 11.6 Å². The molecule has 0 radical (unpaired) electrons. The van der Waals surface area contributed by atoms with Crippen molar-refractivity contribution in [1.29, 1.82) is 0 Å². The summed E-state index contributed by atoms with van der Waals surface area (Å²) in [5.41, 5.74) is 0.627. The van der Waals surface area contributed by atoms with Gasteiger partial charge in [-0.2, -0.15) is 0 Å². The maximum absolute atomic E-state index is 15.1. The molecule has 0 atom stereocenters. The third-order valence-electron chi connectivity index (χ3n) is 6.86. The number of benzene rings is 2. The third-order valence-corrected chi connectivity index (χ3v) is 10.2. The number of aromatic carboxylic acids is 1. The maximum Gasteiger partial charge on any atom is 0.337 e. The van der Waals surface area contributed by atoms with Crippen LogP contribution in [0.3, 0.4) is 0 Å². The van der Waals surface area contributed by atoms with Crippen molar-refractivity contribution in [1.82, 2.24) is 13.5 Å². The second-order valence-electron chi connectivity index (χ2n) is 11.0. The Hall–Kier alpha value is -4.13. The molecule has 0 saturated carbocycles. The van der Waals surface area contributed by atoms with Gasteiger partial charge in [-0.15, -0.1) is 0 Å². The summed E-state index contributed by atoms with van der Waals surface area (Å²) in [5.74, 6) is -3.04. The molecule has 0 aliphatic rings. The van der Waals surface area contributed by atoms with Crippen molar-refractivity contribution < 1.29 is 31.8 Å². The first kappa shape index (κ1) is 29.4. The number of aromatic nitrogens is 3. The van der Waals surface area contributed by atoms with Crippen LogP contribution in [0.15, 0.2) is 84.0 Å². The summed E-state index contributed by atoms with van der Waals surface area (Å²) in [6.45, 7) is 6.87. The lowest BCUT2D eigenvalue weighted by Gasteiger charge is -2.18. The number of carbonyl (C=O) groups is 1. The molecule has 0 bridgehead atoms. The molecule has 3 heterocycles. The molecule has 0 aliphatic heterocycles. The lowest BCUT2D eigenvalue weighted by molar-refractivity contribution is 0.0696. The fraction of sp³-hybridized carbons (Fsp3) is 0.200. The Morgan fingerprint density at radius 2 is 1.74 bits per heavy atom. The average Bonchev–Trinajstić information content (AvgIpc) is 3.54. The van der Waals surface area contributed by atoms with Gasteiger partial charge in [-0.25, -0.2) is 30.9 Å². The lowest BCUT2D eigenvalue weighted by Crippen LogP contribution is -2.22. The van der Waals surface area contributed by atoms with Crippen LogP contribution in [-0.2, 0) is 21.5 Å². The Morgan fingerprint density at radius 3 is 2.40 bits per heavy atom. The first-order chi connectivity index (χ1) is 19.9. The molecule has 12 heteroatoms. The van der Waals surface area contributed by atoms with Crippen LogP contribution in [0.5, 0.6) is 0 Å². The number of carboxylic acids is 1. The minimum absolute atomic E-state index is 0.00399. The summed E-state index contributed by atoms with van der Waals surface area (Å²) >= 11 is 0. The van der Waals surface area contributed by atoms with Crippen molar-refractivity contribution in [3.05, 3.63) is 96.3 Å². The number of hydrogen-bond donors (Lipinski definition) is 1. The zero-order valence-electron chi connectivity index (χ0n) is 23.2. The van der Waals surface area contributed by atoms with E-state index in [1.165, 1.54) is 41.2 Å². The first-order valence-corrected chi connectivity index (χ1v) is 18.3. The molecular weight excluding hydrogens is 580 g/mol. The molecule has 8 nitrogen and oxygen atoms in total. The number of nitrogens with zero attached hydrogens (tertiary/aromatic N) is 3. The fourth-order valence-electron chi connectivity index (χ4n) is 4.71. The Kier molecular flexibility index (Phi) is 7.88. The SMILES string of the molecule is C[Si](C)(C)CCOCn1c(-c2ccnc3c2ccn3S(=O)(=O)c2ccccc2)cc(C(=O)O)c1-c1ccc(F)cc1F. The highest BCUT2D eigenvalue weighted by Crippen LogP contribution is 2.38. The summed E-state index contributed by atoms with van der Waals surface area (Å²) < 4.78 is 64.4. The summed E-state index contributed by atoms with van der Waals surface area (Å²) in [6.07, 6.45) is 2.82. The molecule has 5 aromatic rings. The van der Waals surface area contributed by atoms with Gasteiger partial charge in [0.1, 0.15) is 18.4 Å². The Morgan fingerprint density at radius 1 is 1.00 bits per heavy atom. The second kappa shape index (κ2) is 11.3. The quantitative estimate of drug-likeness (QED) is 0.140. The predicted octanol–water partition coefficient (Wildman–Crippen LogP) is 6.70. The van der Waals surface area contributed by atoms with Gasteiger partial charge >= 0.3 is 5.97 Å². The molecule has 2 aromatic carbocycles. The van der Waals surface area contributed by atoms with E-state index < -0.39 is 35.7 Å². The molecule has 42 heavy (non-hydrogen) atoms. The van der Waals surface area contributed by atoms with E-state index in [1.54, 1.807) is 30.3 Å². The zero-order chi connectivity index (χ0) is 30.2. The molecule has 0 spiro atoms. The molecular formula is C30H29F2N3O5SSi. The summed E-state index contributed by atoms with van der Waals surface area (Å²) in [5, 5.41) is 10.6. The fourth-order valence-corrected chi connectivity index (χ4v) is 6.79. The number of fused-ring (bicyclic) bond motifs is 1. The largest absolute Gasteiger partial charge is 0.478 e. The van der Waals surface area contributed by atoms with Crippen molar-refractivity contribution in [2.45, 2.75) is 37.3 Å². The third kappa shape index (κ3) is 5.65. The van der Waals surface area contributed by atoms with Gasteiger partial charge in [0.05, 0.1) is 21.8 Å². The standard InChI is InChI=1S/C30H29F2N3O5SSi/c1-42(2,3)16-15-40-19-34-27(18-25(30(36)37)28(34)24-10-9-20(31)17-26(24)32)22-11-13-33-29-23(22)12-14-35(29)41(38,39)21-7-5-4-6-8-21/h4-14,17-18H,15-16,19H2,1-3H3,(H,36,37). The highest BCUT2D eigenvalue weighted by molar-refractivity contribution is 7.90. The van der Waals surface area contributed by atoms with Crippen molar-refractivity contribution in [2.75, 3.05) is 6.61 Å². The van der Waals surface area contributed by atoms with Crippen LogP contribution >= 0.6 is 0 Å². The van der Waals surface area contributed by atoms with E-state index >= 15 is 4.39 Å². The predicted molar refractivity (Wildman–Crippen MR) is 159 cm³/mol. The number of rotatable bonds is 10. The molecule has 0 unspecified atom stereocenters. The van der Waals surface area contributed by atoms with Crippen LogP contribution in [0.2, 0.25) is 25.7 Å². The van der Waals surface area contributed by atoms with Gasteiger partial charge in [0.2, 0.25) is 0 Å². The molecule has 0 aliphatic carbocycles. The van der Waals surface area contributed by atoms with Crippen molar-refractivity contribution in [3.63, 3.8) is 0 Å². The van der Waals surface area contributed by atoms with E-state index in [9.17, 15) is 22.7 Å². The van der Waals surface area contributed by atoms with Gasteiger partial charge < -0.3 is 14.4 Å². The molecule has 3 aromatic heterocycles. The number of hydrogen-bond acceptors (Lipinski definition) is 5. The van der Waals surface area contributed by atoms with E-state index in [-0.39, 0.29) is 34.1 Å². The second-order valence-corrected chi connectivity index (χ2v) is 18.5. The van der Waals surface area contributed by atoms with E-state index in [2.05, 4.69) is 24.6 Å². The maximum atomic E-state index is 15.1. The minimum atomic E-state index is -3.98. The minimum Gasteiger partial charge on any atom is -0.478 e. The number of halogens is 2. The molecule has 0 amide bonds.